The second-order valence-corrected chi connectivity index (χ2v) is 8.68. The molecule has 1 fully saturated rings. The van der Waals surface area contributed by atoms with Crippen LogP contribution in [0.3, 0.4) is 0 Å². The number of carbonyl (C=O) groups is 3. The molecule has 0 atom stereocenters. The first-order valence-corrected chi connectivity index (χ1v) is 11.1. The highest BCUT2D eigenvalue weighted by Gasteiger charge is 2.43. The Labute approximate surface area is 196 Å². The molecule has 3 aromatic rings. The first-order chi connectivity index (χ1) is 16.2. The number of halogens is 1. The second-order valence-electron chi connectivity index (χ2n) is 8.68. The van der Waals surface area contributed by atoms with Crippen molar-refractivity contribution in [3.05, 3.63) is 72.2 Å². The molecule has 4 amide bonds. The lowest BCUT2D eigenvalue weighted by atomic mass is 10.1. The molecule has 4 rings (SSSR count). The summed E-state index contributed by atoms with van der Waals surface area (Å²) in [6, 6.07) is 15.2. The molecule has 1 aromatic heterocycles. The fourth-order valence-electron chi connectivity index (χ4n) is 3.80. The smallest absolute Gasteiger partial charge is 0.325 e. The van der Waals surface area contributed by atoms with Crippen LogP contribution in [0, 0.1) is 5.82 Å². The zero-order valence-corrected chi connectivity index (χ0v) is 19.0. The quantitative estimate of drug-likeness (QED) is 0.501. The van der Waals surface area contributed by atoms with Crippen LogP contribution >= 0.6 is 0 Å². The standard InChI is InChI=1S/C25H26FN5O3/c1-25(2)23(33)30(24(34)28-25)14-6-9-21(32)27-15-18-16-31(20-7-4-3-5-8-20)29-22(18)17-10-12-19(26)13-11-17/h3-5,7-8,10-13,16H,6,9,14-15H2,1-2H3,(H,27,32)(H,28,34). The Hall–Kier alpha value is -4.01. The molecule has 0 bridgehead atoms. The van der Waals surface area contributed by atoms with Gasteiger partial charge >= 0.3 is 6.03 Å². The van der Waals surface area contributed by atoms with Gasteiger partial charge in [-0.3, -0.25) is 14.5 Å². The van der Waals surface area contributed by atoms with Crippen LogP contribution in [0.2, 0.25) is 0 Å². The Morgan fingerprint density at radius 2 is 1.79 bits per heavy atom. The molecule has 0 saturated carbocycles. The Balaban J connectivity index is 1.41. The number of para-hydroxylation sites is 1. The number of nitrogens with one attached hydrogen (secondary N) is 2. The number of urea groups is 1. The fourth-order valence-corrected chi connectivity index (χ4v) is 3.80. The predicted octanol–water partition coefficient (Wildman–Crippen LogP) is 3.41. The summed E-state index contributed by atoms with van der Waals surface area (Å²) in [5.74, 6) is -0.839. The number of amides is 4. The molecule has 9 heteroatoms. The summed E-state index contributed by atoms with van der Waals surface area (Å²) in [5.41, 5.74) is 2.10. The highest BCUT2D eigenvalue weighted by molar-refractivity contribution is 6.06. The average Bonchev–Trinajstić information content (AvgIpc) is 3.32. The zero-order valence-electron chi connectivity index (χ0n) is 19.0. The summed E-state index contributed by atoms with van der Waals surface area (Å²) in [7, 11) is 0. The third-order valence-corrected chi connectivity index (χ3v) is 5.63. The van der Waals surface area contributed by atoms with Gasteiger partial charge in [-0.15, -0.1) is 0 Å². The van der Waals surface area contributed by atoms with Gasteiger partial charge in [0.1, 0.15) is 11.4 Å². The van der Waals surface area contributed by atoms with Crippen molar-refractivity contribution in [1.82, 2.24) is 25.3 Å². The number of carbonyl (C=O) groups excluding carboxylic acids is 3. The Bertz CT molecular complexity index is 1210. The van der Waals surface area contributed by atoms with Crippen LogP contribution in [0.5, 0.6) is 0 Å². The summed E-state index contributed by atoms with van der Waals surface area (Å²) >= 11 is 0. The molecule has 0 unspecified atom stereocenters. The molecular weight excluding hydrogens is 437 g/mol. The van der Waals surface area contributed by atoms with Crippen molar-refractivity contribution in [1.29, 1.82) is 0 Å². The lowest BCUT2D eigenvalue weighted by molar-refractivity contribution is -0.130. The van der Waals surface area contributed by atoms with E-state index in [0.717, 1.165) is 21.7 Å². The molecule has 176 valence electrons. The summed E-state index contributed by atoms with van der Waals surface area (Å²) in [6.07, 6.45) is 2.36. The van der Waals surface area contributed by atoms with E-state index in [1.807, 2.05) is 36.5 Å². The molecule has 1 saturated heterocycles. The van der Waals surface area contributed by atoms with E-state index in [0.29, 0.717) is 12.1 Å². The fraction of sp³-hybridized carbons (Fsp3) is 0.280. The van der Waals surface area contributed by atoms with E-state index in [1.54, 1.807) is 30.7 Å². The summed E-state index contributed by atoms with van der Waals surface area (Å²) in [5, 5.41) is 10.2. The molecule has 2 N–H and O–H groups in total. The topological polar surface area (TPSA) is 96.3 Å². The van der Waals surface area contributed by atoms with E-state index >= 15 is 0 Å². The van der Waals surface area contributed by atoms with E-state index < -0.39 is 11.6 Å². The molecule has 8 nitrogen and oxygen atoms in total. The molecule has 34 heavy (non-hydrogen) atoms. The van der Waals surface area contributed by atoms with Crippen LogP contribution in [-0.2, 0) is 16.1 Å². The second kappa shape index (κ2) is 9.46. The molecular formula is C25H26FN5O3. The third kappa shape index (κ3) is 4.98. The SMILES string of the molecule is CC1(C)NC(=O)N(CCCC(=O)NCc2cn(-c3ccccc3)nc2-c2ccc(F)cc2)C1=O. The third-order valence-electron chi connectivity index (χ3n) is 5.63. The van der Waals surface area contributed by atoms with Crippen molar-refractivity contribution in [3.63, 3.8) is 0 Å². The Morgan fingerprint density at radius 1 is 1.09 bits per heavy atom. The lowest BCUT2D eigenvalue weighted by Gasteiger charge is -2.15. The highest BCUT2D eigenvalue weighted by Crippen LogP contribution is 2.24. The summed E-state index contributed by atoms with van der Waals surface area (Å²) in [6.45, 7) is 3.70. The minimum atomic E-state index is -0.922. The van der Waals surface area contributed by atoms with Gasteiger partial charge in [-0.05, 0) is 56.7 Å². The number of hydrogen-bond acceptors (Lipinski definition) is 4. The van der Waals surface area contributed by atoms with Crippen LogP contribution in [-0.4, -0.2) is 44.6 Å². The number of aromatic nitrogens is 2. The minimum absolute atomic E-state index is 0.163. The van der Waals surface area contributed by atoms with Gasteiger partial charge in [-0.25, -0.2) is 13.9 Å². The first-order valence-electron chi connectivity index (χ1n) is 11.1. The van der Waals surface area contributed by atoms with Crippen molar-refractivity contribution < 1.29 is 18.8 Å². The Morgan fingerprint density at radius 3 is 2.44 bits per heavy atom. The molecule has 0 radical (unpaired) electrons. The van der Waals surface area contributed by atoms with Crippen LogP contribution in [0.4, 0.5) is 9.18 Å². The van der Waals surface area contributed by atoms with Crippen molar-refractivity contribution in [2.45, 2.75) is 38.8 Å². The van der Waals surface area contributed by atoms with Crippen molar-refractivity contribution >= 4 is 17.8 Å². The van der Waals surface area contributed by atoms with Gasteiger partial charge in [0.2, 0.25) is 5.91 Å². The van der Waals surface area contributed by atoms with Crippen LogP contribution < -0.4 is 10.6 Å². The normalized spacial score (nSPS) is 14.9. The highest BCUT2D eigenvalue weighted by atomic mass is 19.1. The molecule has 2 aromatic carbocycles. The van der Waals surface area contributed by atoms with Crippen molar-refractivity contribution in [3.8, 4) is 16.9 Å². The van der Waals surface area contributed by atoms with Gasteiger partial charge in [-0.2, -0.15) is 5.10 Å². The maximum absolute atomic E-state index is 13.4. The van der Waals surface area contributed by atoms with Gasteiger partial charge in [0, 0.05) is 36.8 Å². The van der Waals surface area contributed by atoms with Crippen molar-refractivity contribution in [2.24, 2.45) is 0 Å². The largest absolute Gasteiger partial charge is 0.352 e. The van der Waals surface area contributed by atoms with Gasteiger partial charge in [0.05, 0.1) is 11.4 Å². The van der Waals surface area contributed by atoms with Crippen LogP contribution in [0.25, 0.3) is 16.9 Å². The monoisotopic (exact) mass is 463 g/mol. The molecule has 2 heterocycles. The maximum Gasteiger partial charge on any atom is 0.325 e. The number of rotatable bonds is 8. The number of hydrogen-bond donors (Lipinski definition) is 2. The van der Waals surface area contributed by atoms with E-state index in [2.05, 4.69) is 15.7 Å². The molecule has 0 aliphatic carbocycles. The van der Waals surface area contributed by atoms with E-state index in [4.69, 9.17) is 0 Å². The first kappa shape index (κ1) is 23.2. The number of benzene rings is 2. The summed E-state index contributed by atoms with van der Waals surface area (Å²) in [4.78, 5) is 37.8. The van der Waals surface area contributed by atoms with E-state index in [9.17, 15) is 18.8 Å². The van der Waals surface area contributed by atoms with E-state index in [-0.39, 0.29) is 37.1 Å². The average molecular weight is 464 g/mol. The van der Waals surface area contributed by atoms with E-state index in [1.165, 1.54) is 12.1 Å². The molecule has 1 aliphatic heterocycles. The molecule has 1 aliphatic rings. The minimum Gasteiger partial charge on any atom is -0.352 e. The van der Waals surface area contributed by atoms with Gasteiger partial charge < -0.3 is 10.6 Å². The Kier molecular flexibility index (Phi) is 6.45. The van der Waals surface area contributed by atoms with Crippen LogP contribution in [0.15, 0.2) is 60.8 Å². The van der Waals surface area contributed by atoms with Gasteiger partial charge in [0.25, 0.3) is 5.91 Å². The zero-order chi connectivity index (χ0) is 24.3. The molecule has 0 spiro atoms. The number of nitrogens with zero attached hydrogens (tertiary/aromatic N) is 3. The van der Waals surface area contributed by atoms with Crippen LogP contribution in [0.1, 0.15) is 32.3 Å². The number of imide groups is 1. The van der Waals surface area contributed by atoms with Crippen molar-refractivity contribution in [2.75, 3.05) is 6.54 Å². The maximum atomic E-state index is 13.4. The summed E-state index contributed by atoms with van der Waals surface area (Å²) < 4.78 is 15.1. The van der Waals surface area contributed by atoms with Gasteiger partial charge in [-0.1, -0.05) is 18.2 Å². The predicted molar refractivity (Wildman–Crippen MR) is 124 cm³/mol. The van der Waals surface area contributed by atoms with Gasteiger partial charge in [0.15, 0.2) is 0 Å². The lowest BCUT2D eigenvalue weighted by Crippen LogP contribution is -2.40.